The predicted octanol–water partition coefficient (Wildman–Crippen LogP) is 3.06. The molecule has 1 fully saturated rings. The van der Waals surface area contributed by atoms with Crippen LogP contribution in [0.4, 0.5) is 5.95 Å². The Morgan fingerprint density at radius 2 is 2.10 bits per heavy atom. The van der Waals surface area contributed by atoms with Gasteiger partial charge in [0.1, 0.15) is 5.52 Å². The first-order chi connectivity index (χ1) is 9.65. The molecule has 2 unspecified atom stereocenters. The Bertz CT molecular complexity index is 609. The number of nitrogen functional groups attached to an aromatic ring is 1. The highest BCUT2D eigenvalue weighted by molar-refractivity contribution is 5.78. The summed E-state index contributed by atoms with van der Waals surface area (Å²) in [5.74, 6) is 1.48. The molecular weight excluding hydrogens is 250 g/mol. The Labute approximate surface area is 120 Å². The minimum Gasteiger partial charge on any atom is -0.369 e. The molecule has 2 aromatic heterocycles. The number of nitrogens with two attached hydrogens (primary N) is 1. The highest BCUT2D eigenvalue weighted by atomic mass is 15.4. The standard InChI is InChI=1S/C15H25N5/c1-4-10-7-6-8-11(9-10)20-14-13(17-15(20)16)12(5-2)18-19(14)3/h10-11H,4-9H2,1-3H3,(H2,16,17). The summed E-state index contributed by atoms with van der Waals surface area (Å²) in [5, 5.41) is 4.58. The van der Waals surface area contributed by atoms with E-state index < -0.39 is 0 Å². The van der Waals surface area contributed by atoms with E-state index in [-0.39, 0.29) is 0 Å². The second-order valence-electron chi connectivity index (χ2n) is 6.03. The van der Waals surface area contributed by atoms with Crippen molar-refractivity contribution >= 4 is 17.1 Å². The van der Waals surface area contributed by atoms with Gasteiger partial charge in [-0.05, 0) is 25.2 Å². The maximum absolute atomic E-state index is 6.22. The van der Waals surface area contributed by atoms with Crippen LogP contribution in [0.2, 0.25) is 0 Å². The SMILES string of the molecule is CCc1nn(C)c2c1nc(N)n2C1CCCC(CC)C1. The van der Waals surface area contributed by atoms with Gasteiger partial charge in [0.2, 0.25) is 5.95 Å². The average Bonchev–Trinajstić information content (AvgIpc) is 2.95. The Balaban J connectivity index is 2.06. The van der Waals surface area contributed by atoms with Gasteiger partial charge in [0.15, 0.2) is 5.65 Å². The largest absolute Gasteiger partial charge is 0.369 e. The van der Waals surface area contributed by atoms with Crippen molar-refractivity contribution in [1.82, 2.24) is 19.3 Å². The number of aryl methyl sites for hydroxylation is 2. The lowest BCUT2D eigenvalue weighted by Crippen LogP contribution is -2.21. The molecule has 0 aliphatic heterocycles. The minimum atomic E-state index is 0.485. The van der Waals surface area contributed by atoms with E-state index in [0.29, 0.717) is 12.0 Å². The Kier molecular flexibility index (Phi) is 3.44. The van der Waals surface area contributed by atoms with E-state index >= 15 is 0 Å². The number of aromatic nitrogens is 4. The van der Waals surface area contributed by atoms with Crippen molar-refractivity contribution in [3.05, 3.63) is 5.69 Å². The van der Waals surface area contributed by atoms with Gasteiger partial charge in [0.25, 0.3) is 0 Å². The molecule has 5 heteroatoms. The van der Waals surface area contributed by atoms with Gasteiger partial charge >= 0.3 is 0 Å². The van der Waals surface area contributed by atoms with Crippen molar-refractivity contribution in [3.8, 4) is 0 Å². The highest BCUT2D eigenvalue weighted by Gasteiger charge is 2.27. The summed E-state index contributed by atoms with van der Waals surface area (Å²) in [6, 6.07) is 0.485. The van der Waals surface area contributed by atoms with Crippen LogP contribution in [0, 0.1) is 5.92 Å². The molecular formula is C15H25N5. The fraction of sp³-hybridized carbons (Fsp3) is 0.733. The van der Waals surface area contributed by atoms with Crippen LogP contribution in [-0.4, -0.2) is 19.3 Å². The fourth-order valence-electron chi connectivity index (χ4n) is 3.69. The quantitative estimate of drug-likeness (QED) is 0.936. The number of hydrogen-bond acceptors (Lipinski definition) is 3. The summed E-state index contributed by atoms with van der Waals surface area (Å²) in [7, 11) is 2.00. The van der Waals surface area contributed by atoms with Crippen LogP contribution >= 0.6 is 0 Å². The summed E-state index contributed by atoms with van der Waals surface area (Å²) in [6.07, 6.45) is 7.24. The zero-order valence-corrected chi connectivity index (χ0v) is 12.8. The molecule has 3 rings (SSSR count). The molecule has 0 bridgehead atoms. The normalized spacial score (nSPS) is 23.6. The van der Waals surface area contributed by atoms with Crippen molar-refractivity contribution in [3.63, 3.8) is 0 Å². The number of imidazole rings is 1. The van der Waals surface area contributed by atoms with Gasteiger partial charge in [0, 0.05) is 13.1 Å². The summed E-state index contributed by atoms with van der Waals surface area (Å²) in [4.78, 5) is 4.59. The summed E-state index contributed by atoms with van der Waals surface area (Å²) < 4.78 is 4.19. The van der Waals surface area contributed by atoms with E-state index in [1.165, 1.54) is 32.1 Å². The lowest BCUT2D eigenvalue weighted by Gasteiger charge is -2.30. The topological polar surface area (TPSA) is 61.7 Å². The zero-order chi connectivity index (χ0) is 14.3. The molecule has 1 saturated carbocycles. The third kappa shape index (κ3) is 2.00. The molecule has 20 heavy (non-hydrogen) atoms. The van der Waals surface area contributed by atoms with Crippen molar-refractivity contribution in [2.75, 3.05) is 5.73 Å². The second-order valence-corrected chi connectivity index (χ2v) is 6.03. The molecule has 2 aromatic rings. The maximum atomic E-state index is 6.22. The third-order valence-corrected chi connectivity index (χ3v) is 4.80. The molecule has 2 heterocycles. The maximum Gasteiger partial charge on any atom is 0.202 e. The molecule has 0 amide bonds. The second kappa shape index (κ2) is 5.11. The molecule has 2 N–H and O–H groups in total. The molecule has 0 spiro atoms. The number of anilines is 1. The van der Waals surface area contributed by atoms with E-state index in [0.717, 1.165) is 29.2 Å². The number of nitrogens with zero attached hydrogens (tertiary/aromatic N) is 4. The summed E-state index contributed by atoms with van der Waals surface area (Å²) in [6.45, 7) is 4.41. The van der Waals surface area contributed by atoms with Crippen LogP contribution in [0.5, 0.6) is 0 Å². The molecule has 5 nitrogen and oxygen atoms in total. The van der Waals surface area contributed by atoms with E-state index in [2.05, 4.69) is 28.5 Å². The number of fused-ring (bicyclic) bond motifs is 1. The van der Waals surface area contributed by atoms with Crippen LogP contribution in [0.1, 0.15) is 57.7 Å². The first-order valence-corrected chi connectivity index (χ1v) is 7.84. The van der Waals surface area contributed by atoms with Crippen LogP contribution in [0.25, 0.3) is 11.2 Å². The van der Waals surface area contributed by atoms with Gasteiger partial charge in [-0.25, -0.2) is 4.98 Å². The summed E-state index contributed by atoms with van der Waals surface area (Å²) in [5.41, 5.74) is 9.36. The lowest BCUT2D eigenvalue weighted by atomic mass is 9.84. The van der Waals surface area contributed by atoms with Gasteiger partial charge in [-0.2, -0.15) is 5.10 Å². The minimum absolute atomic E-state index is 0.485. The number of rotatable bonds is 3. The van der Waals surface area contributed by atoms with E-state index in [9.17, 15) is 0 Å². The fourth-order valence-corrected chi connectivity index (χ4v) is 3.69. The highest BCUT2D eigenvalue weighted by Crippen LogP contribution is 2.37. The van der Waals surface area contributed by atoms with Crippen LogP contribution in [0.3, 0.4) is 0 Å². The smallest absolute Gasteiger partial charge is 0.202 e. The van der Waals surface area contributed by atoms with Crippen molar-refractivity contribution in [1.29, 1.82) is 0 Å². The Morgan fingerprint density at radius 3 is 2.80 bits per heavy atom. The first-order valence-electron chi connectivity index (χ1n) is 7.84. The molecule has 0 radical (unpaired) electrons. The average molecular weight is 275 g/mol. The predicted molar refractivity (Wildman–Crippen MR) is 81.6 cm³/mol. The monoisotopic (exact) mass is 275 g/mol. The van der Waals surface area contributed by atoms with E-state index in [4.69, 9.17) is 5.73 Å². The van der Waals surface area contributed by atoms with Crippen molar-refractivity contribution in [2.24, 2.45) is 13.0 Å². The van der Waals surface area contributed by atoms with Gasteiger partial charge < -0.3 is 5.73 Å². The van der Waals surface area contributed by atoms with Gasteiger partial charge in [-0.3, -0.25) is 9.25 Å². The number of hydrogen-bond donors (Lipinski definition) is 1. The van der Waals surface area contributed by atoms with Gasteiger partial charge in [-0.1, -0.05) is 33.1 Å². The van der Waals surface area contributed by atoms with Gasteiger partial charge in [0.05, 0.1) is 5.69 Å². The zero-order valence-electron chi connectivity index (χ0n) is 12.8. The third-order valence-electron chi connectivity index (χ3n) is 4.80. The van der Waals surface area contributed by atoms with Crippen LogP contribution in [-0.2, 0) is 13.5 Å². The van der Waals surface area contributed by atoms with Crippen LogP contribution < -0.4 is 5.73 Å². The van der Waals surface area contributed by atoms with E-state index in [1.807, 2.05) is 11.7 Å². The molecule has 0 saturated heterocycles. The lowest BCUT2D eigenvalue weighted by molar-refractivity contribution is 0.265. The first kappa shape index (κ1) is 13.5. The van der Waals surface area contributed by atoms with Crippen molar-refractivity contribution in [2.45, 2.75) is 58.4 Å². The Morgan fingerprint density at radius 1 is 1.30 bits per heavy atom. The molecule has 1 aliphatic rings. The molecule has 2 atom stereocenters. The molecule has 1 aliphatic carbocycles. The van der Waals surface area contributed by atoms with Crippen LogP contribution in [0.15, 0.2) is 0 Å². The Hall–Kier alpha value is -1.52. The van der Waals surface area contributed by atoms with Crippen molar-refractivity contribution < 1.29 is 0 Å². The molecule has 110 valence electrons. The summed E-state index contributed by atoms with van der Waals surface area (Å²) >= 11 is 0. The van der Waals surface area contributed by atoms with E-state index in [1.54, 1.807) is 0 Å². The van der Waals surface area contributed by atoms with Gasteiger partial charge in [-0.15, -0.1) is 0 Å². The molecule has 0 aromatic carbocycles.